The number of sulfonamides is 1. The Bertz CT molecular complexity index is 644. The van der Waals surface area contributed by atoms with Gasteiger partial charge >= 0.3 is 5.97 Å². The van der Waals surface area contributed by atoms with Gasteiger partial charge < -0.3 is 10.5 Å². The Morgan fingerprint density at radius 1 is 1.50 bits per heavy atom. The van der Waals surface area contributed by atoms with Gasteiger partial charge in [-0.2, -0.15) is 4.72 Å². The number of hydrogen-bond acceptors (Lipinski definition) is 5. The van der Waals surface area contributed by atoms with Crippen molar-refractivity contribution in [1.82, 2.24) is 4.72 Å². The van der Waals surface area contributed by atoms with Crippen LogP contribution in [0.1, 0.15) is 12.5 Å². The molecular formula is C13H16N2O4S. The van der Waals surface area contributed by atoms with Gasteiger partial charge in [-0.1, -0.05) is 17.9 Å². The van der Waals surface area contributed by atoms with Gasteiger partial charge in [0.2, 0.25) is 10.0 Å². The van der Waals surface area contributed by atoms with E-state index in [1.165, 1.54) is 26.2 Å². The molecule has 20 heavy (non-hydrogen) atoms. The summed E-state index contributed by atoms with van der Waals surface area (Å²) in [5.41, 5.74) is 5.79. The smallest absolute Gasteiger partial charge is 0.323 e. The Balaban J connectivity index is 3.01. The second-order valence-electron chi connectivity index (χ2n) is 3.90. The predicted octanol–water partition coefficient (Wildman–Crippen LogP) is -0.163. The lowest BCUT2D eigenvalue weighted by molar-refractivity contribution is -0.142. The van der Waals surface area contributed by atoms with Gasteiger partial charge in [0.1, 0.15) is 6.04 Å². The van der Waals surface area contributed by atoms with Gasteiger partial charge in [-0.15, -0.1) is 0 Å². The summed E-state index contributed by atoms with van der Waals surface area (Å²) in [5, 5.41) is 0. The molecule has 0 heterocycles. The van der Waals surface area contributed by atoms with Crippen molar-refractivity contribution in [1.29, 1.82) is 0 Å². The van der Waals surface area contributed by atoms with Crippen molar-refractivity contribution in [3.63, 3.8) is 0 Å². The second kappa shape index (κ2) is 7.05. The summed E-state index contributed by atoms with van der Waals surface area (Å²) in [6.07, 6.45) is 0. The third kappa shape index (κ3) is 4.35. The van der Waals surface area contributed by atoms with E-state index in [4.69, 9.17) is 5.73 Å². The van der Waals surface area contributed by atoms with Crippen molar-refractivity contribution in [2.75, 3.05) is 13.7 Å². The summed E-state index contributed by atoms with van der Waals surface area (Å²) in [6, 6.07) is 5.10. The Morgan fingerprint density at radius 3 is 2.80 bits per heavy atom. The Hall–Kier alpha value is -1.88. The summed E-state index contributed by atoms with van der Waals surface area (Å²) in [4.78, 5) is 11.3. The zero-order valence-electron chi connectivity index (χ0n) is 11.2. The first-order chi connectivity index (χ1) is 9.40. The number of hydrogen-bond donors (Lipinski definition) is 2. The molecule has 0 radical (unpaired) electrons. The van der Waals surface area contributed by atoms with Crippen LogP contribution in [0.4, 0.5) is 0 Å². The summed E-state index contributed by atoms with van der Waals surface area (Å²) < 4.78 is 30.9. The van der Waals surface area contributed by atoms with Gasteiger partial charge in [-0.3, -0.25) is 4.79 Å². The fourth-order valence-electron chi connectivity index (χ4n) is 1.42. The van der Waals surface area contributed by atoms with Gasteiger partial charge in [0.25, 0.3) is 0 Å². The largest absolute Gasteiger partial charge is 0.468 e. The van der Waals surface area contributed by atoms with E-state index in [9.17, 15) is 13.2 Å². The zero-order chi connectivity index (χ0) is 15.2. The van der Waals surface area contributed by atoms with E-state index in [2.05, 4.69) is 21.3 Å². The molecule has 1 aromatic carbocycles. The summed E-state index contributed by atoms with van der Waals surface area (Å²) in [7, 11) is -2.62. The third-order valence-corrected chi connectivity index (χ3v) is 3.90. The number of ether oxygens (including phenoxy) is 1. The number of benzene rings is 1. The van der Waals surface area contributed by atoms with Crippen LogP contribution >= 0.6 is 0 Å². The first-order valence-electron chi connectivity index (χ1n) is 5.80. The first kappa shape index (κ1) is 16.2. The maximum Gasteiger partial charge on any atom is 0.323 e. The molecule has 0 aliphatic carbocycles. The Kier molecular flexibility index (Phi) is 5.70. The molecule has 0 saturated heterocycles. The van der Waals surface area contributed by atoms with E-state index in [0.29, 0.717) is 5.56 Å². The maximum atomic E-state index is 12.1. The van der Waals surface area contributed by atoms with Crippen molar-refractivity contribution in [3.8, 4) is 11.8 Å². The maximum absolute atomic E-state index is 12.1. The van der Waals surface area contributed by atoms with E-state index in [1.807, 2.05) is 0 Å². The minimum absolute atomic E-state index is 0.0251. The number of rotatable bonds is 4. The second-order valence-corrected chi connectivity index (χ2v) is 5.61. The topological polar surface area (TPSA) is 98.5 Å². The highest BCUT2D eigenvalue weighted by Crippen LogP contribution is 2.11. The van der Waals surface area contributed by atoms with E-state index in [1.54, 1.807) is 12.1 Å². The van der Waals surface area contributed by atoms with Gasteiger partial charge in [-0.05, 0) is 25.1 Å². The minimum Gasteiger partial charge on any atom is -0.468 e. The van der Waals surface area contributed by atoms with E-state index < -0.39 is 22.0 Å². The van der Waals surface area contributed by atoms with E-state index in [-0.39, 0.29) is 11.4 Å². The molecule has 1 aromatic rings. The average molecular weight is 296 g/mol. The fourth-order valence-corrected chi connectivity index (χ4v) is 2.66. The highest BCUT2D eigenvalue weighted by Gasteiger charge is 2.22. The standard InChI is InChI=1S/C13H16N2O4S/c1-10(13(16)19-2)15-20(17,18)12-7-3-5-11(9-12)6-4-8-14/h3,5,7,9-10,15H,8,14H2,1-2H3. The van der Waals surface area contributed by atoms with Gasteiger partial charge in [-0.25, -0.2) is 8.42 Å². The fraction of sp³-hybridized carbons (Fsp3) is 0.308. The van der Waals surface area contributed by atoms with Crippen LogP contribution in [0.15, 0.2) is 29.2 Å². The quantitative estimate of drug-likeness (QED) is 0.594. The van der Waals surface area contributed by atoms with Crippen molar-refractivity contribution in [2.45, 2.75) is 17.9 Å². The molecule has 1 rings (SSSR count). The van der Waals surface area contributed by atoms with Crippen molar-refractivity contribution in [3.05, 3.63) is 29.8 Å². The number of carbonyl (C=O) groups excluding carboxylic acids is 1. The lowest BCUT2D eigenvalue weighted by Crippen LogP contribution is -2.39. The molecule has 3 N–H and O–H groups in total. The first-order valence-corrected chi connectivity index (χ1v) is 7.28. The minimum atomic E-state index is -3.81. The number of esters is 1. The van der Waals surface area contributed by atoms with Crippen LogP contribution in [0, 0.1) is 11.8 Å². The van der Waals surface area contributed by atoms with Crippen LogP contribution in [0.3, 0.4) is 0 Å². The summed E-state index contributed by atoms with van der Waals surface area (Å²) >= 11 is 0. The van der Waals surface area contributed by atoms with Crippen LogP contribution < -0.4 is 10.5 Å². The molecule has 7 heteroatoms. The van der Waals surface area contributed by atoms with Crippen LogP contribution in [-0.4, -0.2) is 34.1 Å². The van der Waals surface area contributed by atoms with Crippen LogP contribution in [-0.2, 0) is 19.6 Å². The molecule has 6 nitrogen and oxygen atoms in total. The summed E-state index contributed by atoms with van der Waals surface area (Å²) in [6.45, 7) is 1.59. The third-order valence-electron chi connectivity index (χ3n) is 2.37. The predicted molar refractivity (Wildman–Crippen MR) is 74.2 cm³/mol. The lowest BCUT2D eigenvalue weighted by Gasteiger charge is -2.12. The molecule has 1 atom stereocenters. The molecule has 0 bridgehead atoms. The van der Waals surface area contributed by atoms with E-state index >= 15 is 0 Å². The molecule has 0 saturated carbocycles. The van der Waals surface area contributed by atoms with Gasteiger partial charge in [0.15, 0.2) is 0 Å². The van der Waals surface area contributed by atoms with Gasteiger partial charge in [0, 0.05) is 5.56 Å². The lowest BCUT2D eigenvalue weighted by atomic mass is 10.2. The molecule has 0 fully saturated rings. The van der Waals surface area contributed by atoms with Crippen molar-refractivity contribution >= 4 is 16.0 Å². The highest BCUT2D eigenvalue weighted by atomic mass is 32.2. The van der Waals surface area contributed by atoms with Crippen LogP contribution in [0.25, 0.3) is 0 Å². The molecule has 1 unspecified atom stereocenters. The number of carbonyl (C=O) groups is 1. The molecular weight excluding hydrogens is 280 g/mol. The highest BCUT2D eigenvalue weighted by molar-refractivity contribution is 7.89. The zero-order valence-corrected chi connectivity index (χ0v) is 12.0. The SMILES string of the molecule is COC(=O)C(C)NS(=O)(=O)c1cccc(C#CCN)c1. The van der Waals surface area contributed by atoms with Crippen LogP contribution in [0.5, 0.6) is 0 Å². The molecule has 0 aliphatic rings. The number of nitrogens with two attached hydrogens (primary N) is 1. The number of nitrogens with one attached hydrogen (secondary N) is 1. The molecule has 0 amide bonds. The van der Waals surface area contributed by atoms with Crippen molar-refractivity contribution < 1.29 is 17.9 Å². The molecule has 0 spiro atoms. The Labute approximate surface area is 118 Å². The summed E-state index contributed by atoms with van der Waals surface area (Å²) in [5.74, 6) is 4.73. The van der Waals surface area contributed by atoms with E-state index in [0.717, 1.165) is 0 Å². The average Bonchev–Trinajstić information content (AvgIpc) is 2.44. The Morgan fingerprint density at radius 2 is 2.20 bits per heavy atom. The number of methoxy groups -OCH3 is 1. The van der Waals surface area contributed by atoms with Gasteiger partial charge in [0.05, 0.1) is 18.6 Å². The van der Waals surface area contributed by atoms with Crippen LogP contribution in [0.2, 0.25) is 0 Å². The molecule has 0 aromatic heterocycles. The molecule has 0 aliphatic heterocycles. The molecule has 108 valence electrons. The van der Waals surface area contributed by atoms with Crippen molar-refractivity contribution in [2.24, 2.45) is 5.73 Å². The monoisotopic (exact) mass is 296 g/mol. The normalized spacial score (nSPS) is 12.2.